The van der Waals surface area contributed by atoms with E-state index >= 15 is 0 Å². The van der Waals surface area contributed by atoms with Gasteiger partial charge in [-0.25, -0.2) is 0 Å². The molecule has 1 spiro atoms. The molecule has 2 fully saturated rings. The summed E-state index contributed by atoms with van der Waals surface area (Å²) in [6.45, 7) is 10.0. The molecule has 2 heterocycles. The van der Waals surface area contributed by atoms with E-state index in [4.69, 9.17) is 4.74 Å². The van der Waals surface area contributed by atoms with Gasteiger partial charge in [0, 0.05) is 24.3 Å². The van der Waals surface area contributed by atoms with Gasteiger partial charge in [0.25, 0.3) is 0 Å². The smallest absolute Gasteiger partial charge is 0.0697 e. The lowest BCUT2D eigenvalue weighted by Gasteiger charge is -2.40. The molecule has 0 radical (unpaired) electrons. The third kappa shape index (κ3) is 2.51. The Labute approximate surface area is 97.5 Å². The molecular formula is C12H23NOS. The van der Waals surface area contributed by atoms with Gasteiger partial charge < -0.3 is 4.74 Å². The van der Waals surface area contributed by atoms with Crippen molar-refractivity contribution in [2.45, 2.75) is 57.1 Å². The molecule has 2 nitrogen and oxygen atoms in total. The first kappa shape index (κ1) is 11.7. The van der Waals surface area contributed by atoms with Crippen molar-refractivity contribution in [1.82, 2.24) is 5.32 Å². The summed E-state index contributed by atoms with van der Waals surface area (Å²) in [6.07, 6.45) is 2.76. The topological polar surface area (TPSA) is 21.3 Å². The van der Waals surface area contributed by atoms with E-state index in [2.05, 4.69) is 44.8 Å². The van der Waals surface area contributed by atoms with E-state index in [-0.39, 0.29) is 0 Å². The van der Waals surface area contributed by atoms with Crippen LogP contribution in [-0.4, -0.2) is 28.9 Å². The average molecular weight is 229 g/mol. The summed E-state index contributed by atoms with van der Waals surface area (Å²) in [5, 5.41) is 3.81. The highest BCUT2D eigenvalue weighted by Crippen LogP contribution is 2.44. The Morgan fingerprint density at radius 2 is 2.13 bits per heavy atom. The lowest BCUT2D eigenvalue weighted by Crippen LogP contribution is -2.52. The summed E-state index contributed by atoms with van der Waals surface area (Å²) in [6, 6.07) is 0. The second-order valence-electron chi connectivity index (χ2n) is 5.90. The minimum atomic E-state index is 0.295. The Morgan fingerprint density at radius 3 is 2.67 bits per heavy atom. The maximum absolute atomic E-state index is 5.84. The lowest BCUT2D eigenvalue weighted by atomic mass is 9.93. The van der Waals surface area contributed by atoms with Gasteiger partial charge in [-0.15, -0.1) is 11.8 Å². The molecule has 88 valence electrons. The van der Waals surface area contributed by atoms with Crippen molar-refractivity contribution in [2.75, 3.05) is 12.4 Å². The number of nitrogens with one attached hydrogen (secondary N) is 1. The van der Waals surface area contributed by atoms with Crippen LogP contribution in [0.5, 0.6) is 0 Å². The summed E-state index contributed by atoms with van der Waals surface area (Å²) in [4.78, 5) is 0.302. The molecule has 0 aliphatic carbocycles. The minimum Gasteiger partial charge on any atom is -0.378 e. The molecule has 2 aliphatic rings. The summed E-state index contributed by atoms with van der Waals surface area (Å²) < 4.78 is 5.84. The van der Waals surface area contributed by atoms with Crippen molar-refractivity contribution in [3.8, 4) is 0 Å². The molecule has 0 bridgehead atoms. The van der Waals surface area contributed by atoms with Gasteiger partial charge in [-0.2, -0.15) is 0 Å². The van der Waals surface area contributed by atoms with Gasteiger partial charge in [-0.05, 0) is 26.2 Å². The molecule has 15 heavy (non-hydrogen) atoms. The molecule has 2 aliphatic heterocycles. The molecular weight excluding hydrogens is 206 g/mol. The van der Waals surface area contributed by atoms with Crippen molar-refractivity contribution >= 4 is 11.8 Å². The monoisotopic (exact) mass is 229 g/mol. The van der Waals surface area contributed by atoms with E-state index in [9.17, 15) is 0 Å². The second kappa shape index (κ2) is 3.94. The Kier molecular flexibility index (Phi) is 3.08. The largest absolute Gasteiger partial charge is 0.378 e. The van der Waals surface area contributed by atoms with Crippen molar-refractivity contribution in [3.05, 3.63) is 0 Å². The number of rotatable bonds is 1. The predicted octanol–water partition coefficient (Wildman–Crippen LogP) is 2.63. The Balaban J connectivity index is 2.04. The first-order valence-electron chi connectivity index (χ1n) is 5.97. The first-order chi connectivity index (χ1) is 6.93. The Morgan fingerprint density at radius 1 is 1.40 bits per heavy atom. The first-order valence-corrected chi connectivity index (χ1v) is 6.96. The zero-order valence-electron chi connectivity index (χ0n) is 10.3. The van der Waals surface area contributed by atoms with Crippen molar-refractivity contribution in [3.63, 3.8) is 0 Å². The van der Waals surface area contributed by atoms with Crippen LogP contribution in [-0.2, 0) is 4.74 Å². The molecule has 0 saturated carbocycles. The van der Waals surface area contributed by atoms with Crippen LogP contribution in [0.25, 0.3) is 0 Å². The normalized spacial score (nSPS) is 40.2. The maximum atomic E-state index is 5.84. The quantitative estimate of drug-likeness (QED) is 0.747. The van der Waals surface area contributed by atoms with Crippen LogP contribution in [0, 0.1) is 5.92 Å². The molecule has 0 aromatic carbocycles. The van der Waals surface area contributed by atoms with Crippen LogP contribution in [0.3, 0.4) is 0 Å². The van der Waals surface area contributed by atoms with Gasteiger partial charge in [0.1, 0.15) is 0 Å². The second-order valence-corrected chi connectivity index (χ2v) is 7.26. The zero-order chi connectivity index (χ0) is 11.1. The fourth-order valence-corrected chi connectivity index (χ4v) is 4.11. The zero-order valence-corrected chi connectivity index (χ0v) is 11.1. The highest BCUT2D eigenvalue weighted by molar-refractivity contribution is 8.01. The van der Waals surface area contributed by atoms with E-state index < -0.39 is 0 Å². The minimum absolute atomic E-state index is 0.295. The third-order valence-electron chi connectivity index (χ3n) is 3.39. The molecule has 0 aromatic rings. The van der Waals surface area contributed by atoms with E-state index in [0.29, 0.717) is 22.4 Å². The summed E-state index contributed by atoms with van der Waals surface area (Å²) in [5.74, 6) is 1.85. The number of ether oxygens (including phenoxy) is 1. The van der Waals surface area contributed by atoms with Crippen LogP contribution >= 0.6 is 11.8 Å². The van der Waals surface area contributed by atoms with Gasteiger partial charge in [-0.3, -0.25) is 5.32 Å². The molecule has 0 amide bonds. The Hall–Kier alpha value is 0.270. The highest BCUT2D eigenvalue weighted by Gasteiger charge is 2.46. The molecule has 2 rings (SSSR count). The van der Waals surface area contributed by atoms with Crippen LogP contribution < -0.4 is 5.32 Å². The molecule has 2 saturated heterocycles. The lowest BCUT2D eigenvalue weighted by molar-refractivity contribution is -0.0326. The molecule has 3 heteroatoms. The molecule has 2 atom stereocenters. The van der Waals surface area contributed by atoms with E-state index in [1.165, 1.54) is 12.2 Å². The van der Waals surface area contributed by atoms with Gasteiger partial charge in [0.05, 0.1) is 11.0 Å². The van der Waals surface area contributed by atoms with Crippen LogP contribution in [0.4, 0.5) is 0 Å². The highest BCUT2D eigenvalue weighted by atomic mass is 32.2. The average Bonchev–Trinajstić information content (AvgIpc) is 2.42. The molecule has 0 aromatic heterocycles. The number of thioether (sulfide) groups is 1. The molecule has 2 unspecified atom stereocenters. The van der Waals surface area contributed by atoms with E-state index in [1.807, 2.05) is 0 Å². The Bertz CT molecular complexity index is 242. The van der Waals surface area contributed by atoms with Crippen molar-refractivity contribution in [1.29, 1.82) is 0 Å². The number of hydrogen-bond donors (Lipinski definition) is 1. The van der Waals surface area contributed by atoms with Gasteiger partial charge >= 0.3 is 0 Å². The molecule has 1 N–H and O–H groups in total. The predicted molar refractivity (Wildman–Crippen MR) is 66.2 cm³/mol. The summed E-state index contributed by atoms with van der Waals surface area (Å²) in [5.41, 5.74) is 0.295. The van der Waals surface area contributed by atoms with E-state index in [0.717, 1.165) is 13.0 Å². The van der Waals surface area contributed by atoms with E-state index in [1.54, 1.807) is 0 Å². The van der Waals surface area contributed by atoms with Crippen molar-refractivity contribution in [2.24, 2.45) is 5.92 Å². The van der Waals surface area contributed by atoms with Crippen LogP contribution in [0.2, 0.25) is 0 Å². The maximum Gasteiger partial charge on any atom is 0.0697 e. The van der Waals surface area contributed by atoms with Crippen LogP contribution in [0.1, 0.15) is 40.5 Å². The summed E-state index contributed by atoms with van der Waals surface area (Å²) in [7, 11) is 0. The summed E-state index contributed by atoms with van der Waals surface area (Å²) >= 11 is 2.10. The van der Waals surface area contributed by atoms with Gasteiger partial charge in [0.15, 0.2) is 0 Å². The van der Waals surface area contributed by atoms with Crippen LogP contribution in [0.15, 0.2) is 0 Å². The standard InChI is InChI=1S/C12H23NOS/c1-9(2)10-7-12(5-6-14-10)13-11(3,4)8-15-12/h9-10,13H,5-8H2,1-4H3. The van der Waals surface area contributed by atoms with Gasteiger partial charge in [-0.1, -0.05) is 13.8 Å². The van der Waals surface area contributed by atoms with Gasteiger partial charge in [0.2, 0.25) is 0 Å². The van der Waals surface area contributed by atoms with Crippen molar-refractivity contribution < 1.29 is 4.74 Å². The SMILES string of the molecule is CC(C)C1CC2(CCO1)NC(C)(C)CS2. The third-order valence-corrected chi connectivity index (χ3v) is 5.28. The fraction of sp³-hybridized carbons (Fsp3) is 1.00. The number of hydrogen-bond acceptors (Lipinski definition) is 3. The fourth-order valence-electron chi connectivity index (χ4n) is 2.54.